The number of aryl methyl sites for hydroxylation is 1. The Bertz CT molecular complexity index is 1670. The summed E-state index contributed by atoms with van der Waals surface area (Å²) in [6.07, 6.45) is 9.28. The molecular weight excluding hydrogens is 680 g/mol. The van der Waals surface area contributed by atoms with Crippen molar-refractivity contribution in [3.63, 3.8) is 0 Å². The number of amides is 3. The van der Waals surface area contributed by atoms with Crippen LogP contribution < -0.4 is 15.0 Å². The fourth-order valence-corrected chi connectivity index (χ4v) is 8.86. The van der Waals surface area contributed by atoms with Gasteiger partial charge in [-0.2, -0.15) is 4.36 Å². The summed E-state index contributed by atoms with van der Waals surface area (Å²) in [5.41, 5.74) is 2.66. The lowest BCUT2D eigenvalue weighted by Crippen LogP contribution is -2.68. The van der Waals surface area contributed by atoms with Gasteiger partial charge in [-0.1, -0.05) is 36.7 Å². The van der Waals surface area contributed by atoms with Crippen molar-refractivity contribution in [3.05, 3.63) is 70.3 Å². The summed E-state index contributed by atoms with van der Waals surface area (Å²) < 4.78 is 35.9. The van der Waals surface area contributed by atoms with Crippen LogP contribution in [0.15, 0.2) is 52.9 Å². The Morgan fingerprint density at radius 1 is 1.16 bits per heavy atom. The first kappa shape index (κ1) is 36.6. The van der Waals surface area contributed by atoms with E-state index in [2.05, 4.69) is 32.8 Å². The number of nitrogens with one attached hydrogen (secondary N) is 1. The van der Waals surface area contributed by atoms with Crippen LogP contribution in [0.2, 0.25) is 5.02 Å². The van der Waals surface area contributed by atoms with Crippen LogP contribution in [0.3, 0.4) is 0 Å². The molecule has 2 aromatic carbocycles. The fourth-order valence-electron chi connectivity index (χ4n) is 7.47. The Hall–Kier alpha value is -3.16. The van der Waals surface area contributed by atoms with Crippen molar-refractivity contribution >= 4 is 39.8 Å². The number of thiol groups is 1. The molecule has 2 fully saturated rings. The van der Waals surface area contributed by atoms with Crippen LogP contribution in [-0.2, 0) is 33.0 Å². The summed E-state index contributed by atoms with van der Waals surface area (Å²) in [4.78, 5) is 30.8. The van der Waals surface area contributed by atoms with Crippen molar-refractivity contribution in [2.75, 3.05) is 52.0 Å². The van der Waals surface area contributed by atoms with E-state index in [0.29, 0.717) is 41.8 Å². The van der Waals surface area contributed by atoms with E-state index in [-0.39, 0.29) is 37.6 Å². The molecule has 0 spiro atoms. The molecule has 13 heteroatoms. The highest BCUT2D eigenvalue weighted by atomic mass is 35.5. The zero-order valence-corrected chi connectivity index (χ0v) is 30.7. The van der Waals surface area contributed by atoms with Gasteiger partial charge in [-0.3, -0.25) is 9.00 Å². The first-order chi connectivity index (χ1) is 24.1. The second-order valence-corrected chi connectivity index (χ2v) is 15.9. The third-order valence-corrected chi connectivity index (χ3v) is 12.6. The number of methoxy groups -OCH3 is 2. The smallest absolute Gasteiger partial charge is 0.318 e. The summed E-state index contributed by atoms with van der Waals surface area (Å²) in [6.45, 7) is 3.94. The number of ether oxygens (including phenoxy) is 3. The predicted octanol–water partition coefficient (Wildman–Crippen LogP) is 5.23. The molecule has 2 aromatic rings. The van der Waals surface area contributed by atoms with Crippen LogP contribution in [0.4, 0.5) is 10.5 Å². The first-order valence-electron chi connectivity index (χ1n) is 17.6. The van der Waals surface area contributed by atoms with Crippen LogP contribution >= 0.6 is 11.6 Å². The Labute approximate surface area is 301 Å². The van der Waals surface area contributed by atoms with Gasteiger partial charge in [-0.05, 0) is 97.7 Å². The highest BCUT2D eigenvalue weighted by Gasteiger charge is 2.46. The Morgan fingerprint density at radius 2 is 1.98 bits per heavy atom. The van der Waals surface area contributed by atoms with E-state index in [1.165, 1.54) is 23.1 Å². The summed E-state index contributed by atoms with van der Waals surface area (Å²) in [5.74, 6) is 0.385. The topological polar surface area (TPSA) is 130 Å². The molecule has 6 rings (SSSR count). The van der Waals surface area contributed by atoms with Gasteiger partial charge in [0.2, 0.25) is 0 Å². The third kappa shape index (κ3) is 7.99. The molecule has 2 bridgehead atoms. The number of likely N-dealkylation sites (tertiary alicyclic amines) is 1. The molecule has 6 atom stereocenters. The molecule has 3 amide bonds. The molecule has 50 heavy (non-hydrogen) atoms. The molecule has 1 saturated heterocycles. The molecule has 0 aromatic heterocycles. The minimum absolute atomic E-state index is 0.110. The summed E-state index contributed by atoms with van der Waals surface area (Å²) >= 11 is 6.45. The van der Waals surface area contributed by atoms with Gasteiger partial charge >= 0.3 is 6.03 Å². The van der Waals surface area contributed by atoms with E-state index in [1.807, 2.05) is 25.1 Å². The standard InChI is InChI=1S/C37H49ClN4O7S/c1-24-7-6-9-32(47-2)30-14-11-28(30)20-41-19-27-10-13-29(38)17-25(27)8-4-5-16-49-33-15-12-26(18-31(33)41)34(44)40-50(46)35(24)39-36(45)42-21-37(22-42,23-43)48-3/h6,9-10,12-13,15,17-18,24,28,30,32,35,43,50H,4-5,7-8,11,14,16,19-23H2,1-3H3,(H,39,45)/b9-6+/t24-,28-,30+,32-,35?/m0/s1. The molecule has 2 N–H and O–H groups in total. The number of carbonyl (C=O) groups is 2. The zero-order chi connectivity index (χ0) is 35.4. The number of halogens is 1. The van der Waals surface area contributed by atoms with Gasteiger partial charge in [0.15, 0.2) is 0 Å². The Balaban J connectivity index is 1.38. The molecule has 0 radical (unpaired) electrons. The van der Waals surface area contributed by atoms with Crippen molar-refractivity contribution in [3.8, 4) is 5.75 Å². The minimum atomic E-state index is -2.56. The van der Waals surface area contributed by atoms with Crippen molar-refractivity contribution < 1.29 is 33.1 Å². The van der Waals surface area contributed by atoms with E-state index in [1.54, 1.807) is 19.2 Å². The Morgan fingerprint density at radius 3 is 2.70 bits per heavy atom. The number of aliphatic hydroxyl groups excluding tert-OH is 1. The van der Waals surface area contributed by atoms with Crippen LogP contribution in [0.1, 0.15) is 60.5 Å². The zero-order valence-electron chi connectivity index (χ0n) is 29.1. The lowest BCUT2D eigenvalue weighted by atomic mass is 9.70. The summed E-state index contributed by atoms with van der Waals surface area (Å²) in [5, 5.41) is 12.4. The van der Waals surface area contributed by atoms with E-state index < -0.39 is 33.5 Å². The maximum atomic E-state index is 13.9. The molecule has 3 aliphatic heterocycles. The third-order valence-electron chi connectivity index (χ3n) is 10.8. The Kier molecular flexibility index (Phi) is 11.7. The fraction of sp³-hybridized carbons (Fsp3) is 0.568. The van der Waals surface area contributed by atoms with E-state index in [0.717, 1.165) is 44.3 Å². The minimum Gasteiger partial charge on any atom is -0.491 e. The number of aliphatic hydroxyl groups is 1. The number of nitrogens with zero attached hydrogens (tertiary/aromatic N) is 3. The number of hydrogen-bond donors (Lipinski definition) is 3. The van der Waals surface area contributed by atoms with Crippen molar-refractivity contribution in [1.29, 1.82) is 0 Å². The molecular formula is C37H49ClN4O7S. The normalized spacial score (nSPS) is 29.3. The van der Waals surface area contributed by atoms with Crippen molar-refractivity contribution in [1.82, 2.24) is 10.2 Å². The molecule has 1 saturated carbocycles. The number of benzene rings is 2. The average Bonchev–Trinajstić information content (AvgIpc) is 3.10. The largest absolute Gasteiger partial charge is 0.491 e. The predicted molar refractivity (Wildman–Crippen MR) is 194 cm³/mol. The van der Waals surface area contributed by atoms with Gasteiger partial charge in [-0.15, -0.1) is 0 Å². The second-order valence-electron chi connectivity index (χ2n) is 14.1. The maximum absolute atomic E-state index is 13.9. The highest BCUT2D eigenvalue weighted by Crippen LogP contribution is 2.42. The van der Waals surface area contributed by atoms with Gasteiger partial charge in [-0.25, -0.2) is 4.79 Å². The molecule has 11 nitrogen and oxygen atoms in total. The molecule has 4 aliphatic rings. The van der Waals surface area contributed by atoms with Gasteiger partial charge in [0.05, 0.1) is 48.7 Å². The lowest BCUT2D eigenvalue weighted by Gasteiger charge is -2.48. The molecule has 3 heterocycles. The number of anilines is 1. The van der Waals surface area contributed by atoms with Crippen molar-refractivity contribution in [2.45, 2.75) is 69.1 Å². The van der Waals surface area contributed by atoms with Crippen LogP contribution in [0.25, 0.3) is 0 Å². The van der Waals surface area contributed by atoms with Gasteiger partial charge in [0.25, 0.3) is 5.91 Å². The summed E-state index contributed by atoms with van der Waals surface area (Å²) in [7, 11) is 0.669. The number of allylic oxidation sites excluding steroid dienone is 1. The number of urea groups is 1. The lowest BCUT2D eigenvalue weighted by molar-refractivity contribution is -0.131. The quantitative estimate of drug-likeness (QED) is 0.288. The van der Waals surface area contributed by atoms with Gasteiger partial charge < -0.3 is 34.4 Å². The van der Waals surface area contributed by atoms with Crippen LogP contribution in [0.5, 0.6) is 5.75 Å². The monoisotopic (exact) mass is 728 g/mol. The van der Waals surface area contributed by atoms with Gasteiger partial charge in [0.1, 0.15) is 16.7 Å². The van der Waals surface area contributed by atoms with Crippen molar-refractivity contribution in [2.24, 2.45) is 22.1 Å². The number of carbonyl (C=O) groups excluding carboxylic acids is 2. The SMILES string of the molecule is CO[C@H]1/C=C/C[C@H](C)C(NC(=O)N2CC(CO)(OC)C2)/[SH](=O)=N\C(=O)c2ccc3c(c2)N(Cc2ccc(Cl)cc2CCCCO3)C[C@@H]2CC[C@H]21. The van der Waals surface area contributed by atoms with Crippen LogP contribution in [0, 0.1) is 17.8 Å². The van der Waals surface area contributed by atoms with E-state index >= 15 is 0 Å². The molecule has 272 valence electrons. The van der Waals surface area contributed by atoms with Crippen LogP contribution in [-0.4, -0.2) is 90.3 Å². The number of hydrogen-bond acceptors (Lipinski definition) is 8. The number of rotatable bonds is 4. The van der Waals surface area contributed by atoms with Gasteiger partial charge in [0, 0.05) is 37.9 Å². The van der Waals surface area contributed by atoms with E-state index in [9.17, 15) is 18.9 Å². The number of fused-ring (bicyclic) bond motifs is 3. The first-order valence-corrected chi connectivity index (χ1v) is 19.2. The maximum Gasteiger partial charge on any atom is 0.318 e. The van der Waals surface area contributed by atoms with E-state index in [4.69, 9.17) is 25.8 Å². The summed E-state index contributed by atoms with van der Waals surface area (Å²) in [6, 6.07) is 10.9. The highest BCUT2D eigenvalue weighted by molar-refractivity contribution is 7.76. The molecule has 2 unspecified atom stereocenters. The second kappa shape index (κ2) is 16.0. The molecule has 1 aliphatic carbocycles. The average molecular weight is 729 g/mol.